The van der Waals surface area contributed by atoms with Crippen LogP contribution in [0.15, 0.2) is 77.7 Å². The zero-order valence-corrected chi connectivity index (χ0v) is 18.3. The van der Waals surface area contributed by atoms with Gasteiger partial charge in [0.05, 0.1) is 37.0 Å². The van der Waals surface area contributed by atoms with Crippen molar-refractivity contribution in [1.82, 2.24) is 0 Å². The summed E-state index contributed by atoms with van der Waals surface area (Å²) in [5, 5.41) is 2.76. The topological polar surface area (TPSA) is 94.2 Å². The molecule has 0 saturated heterocycles. The summed E-state index contributed by atoms with van der Waals surface area (Å²) in [6.45, 7) is -0.188. The fraction of sp³-hybridized carbons (Fsp3) is 0.174. The van der Waals surface area contributed by atoms with Gasteiger partial charge in [-0.25, -0.2) is 8.42 Å². The first-order valence-electron chi connectivity index (χ1n) is 9.80. The van der Waals surface area contributed by atoms with Crippen molar-refractivity contribution in [1.29, 1.82) is 0 Å². The monoisotopic (exact) mass is 454 g/mol. The van der Waals surface area contributed by atoms with E-state index in [1.807, 2.05) is 0 Å². The smallest absolute Gasteiger partial charge is 0.267 e. The second-order valence-electron chi connectivity index (χ2n) is 6.98. The second kappa shape index (κ2) is 8.80. The van der Waals surface area contributed by atoms with Crippen molar-refractivity contribution in [3.8, 4) is 17.2 Å². The van der Waals surface area contributed by atoms with Crippen LogP contribution in [0.1, 0.15) is 0 Å². The van der Waals surface area contributed by atoms with Crippen LogP contribution in [0, 0.1) is 0 Å². The van der Waals surface area contributed by atoms with Crippen LogP contribution in [0.5, 0.6) is 17.2 Å². The lowest BCUT2D eigenvalue weighted by Gasteiger charge is -2.34. The third-order valence-corrected chi connectivity index (χ3v) is 6.83. The first-order valence-corrected chi connectivity index (χ1v) is 11.2. The highest BCUT2D eigenvalue weighted by Crippen LogP contribution is 2.37. The third kappa shape index (κ3) is 4.06. The maximum absolute atomic E-state index is 13.5. The SMILES string of the molecule is COc1ccc(S(=O)(=O)N2CC(C(=O)Nc3ccccc3OC)Oc3ccccc32)cc1. The highest BCUT2D eigenvalue weighted by Gasteiger charge is 2.37. The van der Waals surface area contributed by atoms with E-state index in [1.54, 1.807) is 60.7 Å². The van der Waals surface area contributed by atoms with Crippen LogP contribution < -0.4 is 23.8 Å². The molecule has 0 radical (unpaired) electrons. The molecule has 1 heterocycles. The van der Waals surface area contributed by atoms with Gasteiger partial charge in [-0.2, -0.15) is 0 Å². The average molecular weight is 455 g/mol. The van der Waals surface area contributed by atoms with E-state index in [1.165, 1.54) is 30.7 Å². The van der Waals surface area contributed by atoms with E-state index >= 15 is 0 Å². The van der Waals surface area contributed by atoms with Crippen LogP contribution in [-0.2, 0) is 14.8 Å². The zero-order chi connectivity index (χ0) is 22.7. The van der Waals surface area contributed by atoms with Crippen molar-refractivity contribution in [2.45, 2.75) is 11.0 Å². The average Bonchev–Trinajstić information content (AvgIpc) is 2.83. The summed E-state index contributed by atoms with van der Waals surface area (Å²) in [6, 6.07) is 19.8. The minimum Gasteiger partial charge on any atom is -0.497 e. The Balaban J connectivity index is 1.66. The lowest BCUT2D eigenvalue weighted by Crippen LogP contribution is -2.48. The van der Waals surface area contributed by atoms with Gasteiger partial charge < -0.3 is 19.5 Å². The number of para-hydroxylation sites is 4. The number of rotatable bonds is 6. The first kappa shape index (κ1) is 21.5. The molecular weight excluding hydrogens is 432 g/mol. The molecule has 0 aliphatic carbocycles. The number of sulfonamides is 1. The maximum Gasteiger partial charge on any atom is 0.267 e. The zero-order valence-electron chi connectivity index (χ0n) is 17.5. The molecule has 0 saturated carbocycles. The molecule has 1 amide bonds. The van der Waals surface area contributed by atoms with Crippen molar-refractivity contribution in [3.63, 3.8) is 0 Å². The number of fused-ring (bicyclic) bond motifs is 1. The van der Waals surface area contributed by atoms with Crippen molar-refractivity contribution in [2.24, 2.45) is 0 Å². The predicted molar refractivity (Wildman–Crippen MR) is 120 cm³/mol. The number of carbonyl (C=O) groups excluding carboxylic acids is 1. The van der Waals surface area contributed by atoms with Gasteiger partial charge in [-0.15, -0.1) is 0 Å². The van der Waals surface area contributed by atoms with Gasteiger partial charge >= 0.3 is 0 Å². The normalized spacial score (nSPS) is 15.3. The number of methoxy groups -OCH3 is 2. The number of hydrogen-bond acceptors (Lipinski definition) is 6. The highest BCUT2D eigenvalue weighted by molar-refractivity contribution is 7.92. The minimum absolute atomic E-state index is 0.0823. The van der Waals surface area contributed by atoms with Crippen molar-refractivity contribution >= 4 is 27.3 Å². The Hall–Kier alpha value is -3.72. The molecule has 1 atom stereocenters. The Labute approximate surface area is 186 Å². The van der Waals surface area contributed by atoms with E-state index in [4.69, 9.17) is 14.2 Å². The van der Waals surface area contributed by atoms with E-state index in [0.29, 0.717) is 28.6 Å². The van der Waals surface area contributed by atoms with Gasteiger partial charge in [-0.3, -0.25) is 9.10 Å². The number of ether oxygens (including phenoxy) is 3. The summed E-state index contributed by atoms with van der Waals surface area (Å²) in [5.41, 5.74) is 0.830. The molecule has 3 aromatic carbocycles. The molecule has 1 aliphatic rings. The minimum atomic E-state index is -3.96. The standard InChI is InChI=1S/C23H22N2O6S/c1-29-16-11-13-17(14-12-16)32(27,28)25-15-22(31-21-10-6-4-8-19(21)25)23(26)24-18-7-3-5-9-20(18)30-2/h3-14,22H,15H2,1-2H3,(H,24,26). The number of benzene rings is 3. The van der Waals surface area contributed by atoms with Crippen molar-refractivity contribution in [2.75, 3.05) is 30.4 Å². The third-order valence-electron chi connectivity index (χ3n) is 5.04. The van der Waals surface area contributed by atoms with E-state index < -0.39 is 22.0 Å². The summed E-state index contributed by atoms with van der Waals surface area (Å²) >= 11 is 0. The highest BCUT2D eigenvalue weighted by atomic mass is 32.2. The van der Waals surface area contributed by atoms with Crippen LogP contribution in [0.3, 0.4) is 0 Å². The van der Waals surface area contributed by atoms with Gasteiger partial charge in [0.15, 0.2) is 6.10 Å². The first-order chi connectivity index (χ1) is 15.4. The van der Waals surface area contributed by atoms with Gasteiger partial charge in [-0.05, 0) is 48.5 Å². The summed E-state index contributed by atoms with van der Waals surface area (Å²) in [7, 11) is -0.951. The Kier molecular flexibility index (Phi) is 5.91. The summed E-state index contributed by atoms with van der Waals surface area (Å²) < 4.78 is 44.3. The van der Waals surface area contributed by atoms with E-state index in [2.05, 4.69) is 5.32 Å². The molecule has 9 heteroatoms. The molecule has 1 N–H and O–H groups in total. The second-order valence-corrected chi connectivity index (χ2v) is 8.84. The van der Waals surface area contributed by atoms with E-state index in [-0.39, 0.29) is 11.4 Å². The number of amides is 1. The summed E-state index contributed by atoms with van der Waals surface area (Å²) in [5.74, 6) is 0.843. The summed E-state index contributed by atoms with van der Waals surface area (Å²) in [6.07, 6.45) is -1.07. The predicted octanol–water partition coefficient (Wildman–Crippen LogP) is 3.30. The van der Waals surface area contributed by atoms with Gasteiger partial charge in [0, 0.05) is 0 Å². The number of hydrogen-bond donors (Lipinski definition) is 1. The number of nitrogens with zero attached hydrogens (tertiary/aromatic N) is 1. The molecule has 0 aromatic heterocycles. The molecule has 0 spiro atoms. The fourth-order valence-electron chi connectivity index (χ4n) is 3.40. The van der Waals surface area contributed by atoms with Crippen LogP contribution in [0.4, 0.5) is 11.4 Å². The Morgan fingerprint density at radius 1 is 0.969 bits per heavy atom. The van der Waals surface area contributed by atoms with Crippen molar-refractivity contribution in [3.05, 3.63) is 72.8 Å². The molecule has 8 nitrogen and oxygen atoms in total. The Morgan fingerprint density at radius 3 is 2.38 bits per heavy atom. The molecule has 166 valence electrons. The van der Waals surface area contributed by atoms with Crippen LogP contribution in [0.25, 0.3) is 0 Å². The van der Waals surface area contributed by atoms with Crippen LogP contribution in [0.2, 0.25) is 0 Å². The van der Waals surface area contributed by atoms with Crippen molar-refractivity contribution < 1.29 is 27.4 Å². The lowest BCUT2D eigenvalue weighted by atomic mass is 10.2. The number of anilines is 2. The molecule has 1 unspecified atom stereocenters. The molecule has 4 rings (SSSR count). The van der Waals surface area contributed by atoms with Gasteiger partial charge in [-0.1, -0.05) is 24.3 Å². The van der Waals surface area contributed by atoms with Gasteiger partial charge in [0.25, 0.3) is 15.9 Å². The largest absolute Gasteiger partial charge is 0.497 e. The van der Waals surface area contributed by atoms with Gasteiger partial charge in [0.2, 0.25) is 0 Å². The molecule has 0 fully saturated rings. The summed E-state index contributed by atoms with van der Waals surface area (Å²) in [4.78, 5) is 13.1. The van der Waals surface area contributed by atoms with Crippen LogP contribution >= 0.6 is 0 Å². The molecule has 3 aromatic rings. The Morgan fingerprint density at radius 2 is 1.66 bits per heavy atom. The molecule has 32 heavy (non-hydrogen) atoms. The fourth-order valence-corrected chi connectivity index (χ4v) is 4.88. The number of nitrogens with one attached hydrogen (secondary N) is 1. The van der Waals surface area contributed by atoms with Crippen LogP contribution in [-0.4, -0.2) is 41.2 Å². The van der Waals surface area contributed by atoms with Gasteiger partial charge in [0.1, 0.15) is 17.2 Å². The number of carbonyl (C=O) groups is 1. The quantitative estimate of drug-likeness (QED) is 0.614. The molecule has 1 aliphatic heterocycles. The van der Waals surface area contributed by atoms with E-state index in [9.17, 15) is 13.2 Å². The maximum atomic E-state index is 13.5. The Bertz CT molecular complexity index is 1230. The lowest BCUT2D eigenvalue weighted by molar-refractivity contribution is -0.122. The molecule has 0 bridgehead atoms. The van der Waals surface area contributed by atoms with E-state index in [0.717, 1.165) is 0 Å². The molecular formula is C23H22N2O6S.